The summed E-state index contributed by atoms with van der Waals surface area (Å²) in [4.78, 5) is 6.71. The van der Waals surface area contributed by atoms with Crippen LogP contribution in [0, 0.1) is 0 Å². The van der Waals surface area contributed by atoms with Crippen LogP contribution in [0.25, 0.3) is 0 Å². The molecule has 1 aliphatic heterocycles. The molecule has 1 aromatic heterocycles. The van der Waals surface area contributed by atoms with E-state index in [1.807, 2.05) is 12.4 Å². The van der Waals surface area contributed by atoms with E-state index in [0.29, 0.717) is 6.04 Å². The van der Waals surface area contributed by atoms with Gasteiger partial charge >= 0.3 is 0 Å². The van der Waals surface area contributed by atoms with Gasteiger partial charge in [0.05, 0.1) is 13.2 Å². The number of aromatic nitrogens is 1. The summed E-state index contributed by atoms with van der Waals surface area (Å²) in [6.07, 6.45) is 4.93. The zero-order chi connectivity index (χ0) is 13.5. The van der Waals surface area contributed by atoms with Gasteiger partial charge in [-0.05, 0) is 40.5 Å². The van der Waals surface area contributed by atoms with Gasteiger partial charge in [-0.25, -0.2) is 0 Å². The molecule has 1 atom stereocenters. The van der Waals surface area contributed by atoms with Gasteiger partial charge in [-0.1, -0.05) is 6.92 Å². The Labute approximate surface area is 123 Å². The standard InChI is InChI=1S/C14H22BrN3O/c1-2-3-16-9-14-11-19-5-4-18(14)10-12-6-13(15)8-17-7-12/h6-8,14,16H,2-5,9-11H2,1H3. The van der Waals surface area contributed by atoms with Crippen molar-refractivity contribution in [2.75, 3.05) is 32.8 Å². The summed E-state index contributed by atoms with van der Waals surface area (Å²) in [7, 11) is 0. The largest absolute Gasteiger partial charge is 0.378 e. The molecule has 1 unspecified atom stereocenters. The summed E-state index contributed by atoms with van der Waals surface area (Å²) in [6.45, 7) is 7.83. The van der Waals surface area contributed by atoms with Crippen molar-refractivity contribution < 1.29 is 4.74 Å². The monoisotopic (exact) mass is 327 g/mol. The summed E-state index contributed by atoms with van der Waals surface area (Å²) < 4.78 is 6.64. The number of hydrogen-bond donors (Lipinski definition) is 1. The molecule has 1 aliphatic rings. The molecule has 1 fully saturated rings. The fraction of sp³-hybridized carbons (Fsp3) is 0.643. The number of halogens is 1. The smallest absolute Gasteiger partial charge is 0.0635 e. The molecule has 0 saturated carbocycles. The molecule has 0 aromatic carbocycles. The number of rotatable bonds is 6. The molecule has 0 amide bonds. The molecule has 0 radical (unpaired) electrons. The normalized spacial score (nSPS) is 20.6. The van der Waals surface area contributed by atoms with E-state index in [0.717, 1.165) is 43.9 Å². The second kappa shape index (κ2) is 7.94. The highest BCUT2D eigenvalue weighted by atomic mass is 79.9. The molecule has 0 spiro atoms. The van der Waals surface area contributed by atoms with Gasteiger partial charge in [0.15, 0.2) is 0 Å². The Bertz CT molecular complexity index is 389. The highest BCUT2D eigenvalue weighted by molar-refractivity contribution is 9.10. The Morgan fingerprint density at radius 2 is 2.42 bits per heavy atom. The van der Waals surface area contributed by atoms with Crippen LogP contribution in [0.3, 0.4) is 0 Å². The van der Waals surface area contributed by atoms with E-state index in [4.69, 9.17) is 4.74 Å². The fourth-order valence-electron chi connectivity index (χ4n) is 2.31. The maximum atomic E-state index is 5.60. The summed E-state index contributed by atoms with van der Waals surface area (Å²) in [5.74, 6) is 0. The number of morpholine rings is 1. The average Bonchev–Trinajstić information content (AvgIpc) is 2.41. The summed E-state index contributed by atoms with van der Waals surface area (Å²) in [5.41, 5.74) is 1.25. The molecule has 4 nitrogen and oxygen atoms in total. The first-order valence-corrected chi connectivity index (χ1v) is 7.71. The second-order valence-corrected chi connectivity index (χ2v) is 5.83. The molecule has 1 saturated heterocycles. The fourth-order valence-corrected chi connectivity index (χ4v) is 2.72. The van der Waals surface area contributed by atoms with Gasteiger partial charge in [0.2, 0.25) is 0 Å². The van der Waals surface area contributed by atoms with Crippen molar-refractivity contribution >= 4 is 15.9 Å². The number of pyridine rings is 1. The maximum Gasteiger partial charge on any atom is 0.0635 e. The Morgan fingerprint density at radius 3 is 3.21 bits per heavy atom. The van der Waals surface area contributed by atoms with E-state index in [2.05, 4.69) is 44.1 Å². The van der Waals surface area contributed by atoms with Crippen LogP contribution in [-0.4, -0.2) is 48.8 Å². The summed E-state index contributed by atoms with van der Waals surface area (Å²) >= 11 is 3.48. The summed E-state index contributed by atoms with van der Waals surface area (Å²) in [5, 5.41) is 3.49. The number of ether oxygens (including phenoxy) is 1. The Hall–Kier alpha value is -0.490. The van der Waals surface area contributed by atoms with Crippen LogP contribution >= 0.6 is 15.9 Å². The van der Waals surface area contributed by atoms with Crippen molar-refractivity contribution in [2.24, 2.45) is 0 Å². The lowest BCUT2D eigenvalue weighted by atomic mass is 10.2. The van der Waals surface area contributed by atoms with E-state index in [1.54, 1.807) is 0 Å². The first-order chi connectivity index (χ1) is 9.29. The van der Waals surface area contributed by atoms with Crippen molar-refractivity contribution in [1.82, 2.24) is 15.2 Å². The van der Waals surface area contributed by atoms with Crippen LogP contribution in [0.15, 0.2) is 22.9 Å². The van der Waals surface area contributed by atoms with Crippen LogP contribution in [0.5, 0.6) is 0 Å². The van der Waals surface area contributed by atoms with Crippen LogP contribution in [0.4, 0.5) is 0 Å². The van der Waals surface area contributed by atoms with Gasteiger partial charge in [-0.2, -0.15) is 0 Å². The average molecular weight is 328 g/mol. The first-order valence-electron chi connectivity index (χ1n) is 6.91. The Balaban J connectivity index is 1.91. The molecule has 1 N–H and O–H groups in total. The number of nitrogens with one attached hydrogen (secondary N) is 1. The van der Waals surface area contributed by atoms with Crippen molar-refractivity contribution in [3.8, 4) is 0 Å². The van der Waals surface area contributed by atoms with Gasteiger partial charge in [-0.15, -0.1) is 0 Å². The molecule has 1 aromatic rings. The van der Waals surface area contributed by atoms with Gasteiger partial charge in [0, 0.05) is 42.5 Å². The third-order valence-electron chi connectivity index (χ3n) is 3.30. The molecule has 0 aliphatic carbocycles. The maximum absolute atomic E-state index is 5.60. The van der Waals surface area contributed by atoms with Crippen LogP contribution in [0.2, 0.25) is 0 Å². The minimum atomic E-state index is 0.458. The third kappa shape index (κ3) is 4.84. The van der Waals surface area contributed by atoms with Gasteiger partial charge < -0.3 is 10.1 Å². The van der Waals surface area contributed by atoms with E-state index in [-0.39, 0.29) is 0 Å². The molecule has 2 heterocycles. The molecule has 19 heavy (non-hydrogen) atoms. The second-order valence-electron chi connectivity index (χ2n) is 4.91. The van der Waals surface area contributed by atoms with Crippen molar-refractivity contribution in [3.05, 3.63) is 28.5 Å². The highest BCUT2D eigenvalue weighted by Crippen LogP contribution is 2.15. The van der Waals surface area contributed by atoms with E-state index in [9.17, 15) is 0 Å². The van der Waals surface area contributed by atoms with Crippen molar-refractivity contribution in [2.45, 2.75) is 25.9 Å². The van der Waals surface area contributed by atoms with Crippen LogP contribution < -0.4 is 5.32 Å². The molecular formula is C14H22BrN3O. The SMILES string of the molecule is CCCNCC1COCCN1Cc1cncc(Br)c1. The molecule has 106 valence electrons. The van der Waals surface area contributed by atoms with Crippen LogP contribution in [0.1, 0.15) is 18.9 Å². The predicted molar refractivity (Wildman–Crippen MR) is 80.1 cm³/mol. The zero-order valence-corrected chi connectivity index (χ0v) is 13.0. The first kappa shape index (κ1) is 14.9. The lowest BCUT2D eigenvalue weighted by molar-refractivity contribution is -0.0109. The lowest BCUT2D eigenvalue weighted by Crippen LogP contribution is -2.49. The Morgan fingerprint density at radius 1 is 1.53 bits per heavy atom. The predicted octanol–water partition coefficient (Wildman–Crippen LogP) is 2.04. The van der Waals surface area contributed by atoms with Crippen molar-refractivity contribution in [1.29, 1.82) is 0 Å². The third-order valence-corrected chi connectivity index (χ3v) is 3.74. The van der Waals surface area contributed by atoms with Gasteiger partial charge in [-0.3, -0.25) is 9.88 Å². The molecule has 2 rings (SSSR count). The highest BCUT2D eigenvalue weighted by Gasteiger charge is 2.22. The topological polar surface area (TPSA) is 37.4 Å². The van der Waals surface area contributed by atoms with E-state index >= 15 is 0 Å². The van der Waals surface area contributed by atoms with Crippen LogP contribution in [-0.2, 0) is 11.3 Å². The van der Waals surface area contributed by atoms with Gasteiger partial charge in [0.25, 0.3) is 0 Å². The quantitative estimate of drug-likeness (QED) is 0.811. The lowest BCUT2D eigenvalue weighted by Gasteiger charge is -2.35. The summed E-state index contributed by atoms with van der Waals surface area (Å²) in [6, 6.07) is 2.60. The minimum Gasteiger partial charge on any atom is -0.378 e. The molecule has 5 heteroatoms. The molecule has 0 bridgehead atoms. The van der Waals surface area contributed by atoms with E-state index < -0.39 is 0 Å². The van der Waals surface area contributed by atoms with Crippen molar-refractivity contribution in [3.63, 3.8) is 0 Å². The Kier molecular flexibility index (Phi) is 6.23. The number of nitrogens with zero attached hydrogens (tertiary/aromatic N) is 2. The zero-order valence-electron chi connectivity index (χ0n) is 11.4. The molecular weight excluding hydrogens is 306 g/mol. The van der Waals surface area contributed by atoms with Gasteiger partial charge in [0.1, 0.15) is 0 Å². The van der Waals surface area contributed by atoms with E-state index in [1.165, 1.54) is 12.0 Å². The number of hydrogen-bond acceptors (Lipinski definition) is 4. The minimum absolute atomic E-state index is 0.458.